The van der Waals surface area contributed by atoms with Gasteiger partial charge in [-0.25, -0.2) is 0 Å². The molecule has 0 fully saturated rings. The Morgan fingerprint density at radius 1 is 1.57 bits per heavy atom. The lowest BCUT2D eigenvalue weighted by Gasteiger charge is -2.21. The summed E-state index contributed by atoms with van der Waals surface area (Å²) in [7, 11) is 0. The summed E-state index contributed by atoms with van der Waals surface area (Å²) in [6.45, 7) is 5.71. The van der Waals surface area contributed by atoms with Crippen LogP contribution in [0.1, 0.15) is 40.0 Å². The molecule has 1 N–H and O–H groups in total. The van der Waals surface area contributed by atoms with Gasteiger partial charge in [0.1, 0.15) is 0 Å². The molecule has 0 radical (unpaired) electrons. The maximum Gasteiger partial charge on any atom is 0.308 e. The van der Waals surface area contributed by atoms with Gasteiger partial charge in [-0.3, -0.25) is 4.79 Å². The number of allylic oxidation sites excluding steroid dienone is 2. The minimum absolute atomic E-state index is 0.0679. The highest BCUT2D eigenvalue weighted by atomic mass is 16.5. The fourth-order valence-corrected chi connectivity index (χ4v) is 1.17. The number of ether oxygens (including phenoxy) is 1. The monoisotopic (exact) mass is 200 g/mol. The van der Waals surface area contributed by atoms with Crippen LogP contribution in [0.4, 0.5) is 0 Å². The van der Waals surface area contributed by atoms with Gasteiger partial charge in [0.05, 0.1) is 18.6 Å². The van der Waals surface area contributed by atoms with Crippen LogP contribution < -0.4 is 0 Å². The Bertz CT molecular complexity index is 195. The molecule has 0 aliphatic rings. The molecule has 0 spiro atoms. The third kappa shape index (κ3) is 6.66. The van der Waals surface area contributed by atoms with Crippen LogP contribution in [-0.4, -0.2) is 23.3 Å². The third-order valence-electron chi connectivity index (χ3n) is 1.92. The topological polar surface area (TPSA) is 46.5 Å². The second-order valence-corrected chi connectivity index (χ2v) is 3.59. The van der Waals surface area contributed by atoms with Crippen LogP contribution in [0.3, 0.4) is 0 Å². The predicted molar refractivity (Wildman–Crippen MR) is 55.9 cm³/mol. The van der Waals surface area contributed by atoms with Crippen LogP contribution in [0.2, 0.25) is 0 Å². The van der Waals surface area contributed by atoms with Crippen molar-refractivity contribution in [3.8, 4) is 0 Å². The Hall–Kier alpha value is -0.830. The van der Waals surface area contributed by atoms with Crippen molar-refractivity contribution >= 4 is 5.97 Å². The van der Waals surface area contributed by atoms with E-state index in [1.165, 1.54) is 0 Å². The summed E-state index contributed by atoms with van der Waals surface area (Å²) < 4.78 is 4.77. The Kier molecular flexibility index (Phi) is 6.21. The van der Waals surface area contributed by atoms with Gasteiger partial charge in [-0.15, -0.1) is 0 Å². The highest BCUT2D eigenvalue weighted by molar-refractivity contribution is 5.70. The van der Waals surface area contributed by atoms with Gasteiger partial charge in [0, 0.05) is 0 Å². The number of carbonyl (C=O) groups excluding carboxylic acids is 1. The van der Waals surface area contributed by atoms with E-state index >= 15 is 0 Å². The SMILES string of the molecule is C/C=C/CCC(C)(O)CC(=O)OCC. The first-order valence-corrected chi connectivity index (χ1v) is 5.01. The molecule has 0 amide bonds. The van der Waals surface area contributed by atoms with Crippen LogP contribution in [0.25, 0.3) is 0 Å². The van der Waals surface area contributed by atoms with Crippen LogP contribution in [-0.2, 0) is 9.53 Å². The Balaban J connectivity index is 3.86. The van der Waals surface area contributed by atoms with Crippen molar-refractivity contribution in [2.75, 3.05) is 6.61 Å². The van der Waals surface area contributed by atoms with E-state index in [0.717, 1.165) is 6.42 Å². The lowest BCUT2D eigenvalue weighted by Crippen LogP contribution is -2.28. The van der Waals surface area contributed by atoms with Gasteiger partial charge in [0.15, 0.2) is 0 Å². The molecule has 0 aliphatic carbocycles. The molecule has 0 rings (SSSR count). The van der Waals surface area contributed by atoms with E-state index in [2.05, 4.69) is 0 Å². The summed E-state index contributed by atoms with van der Waals surface area (Å²) in [4.78, 5) is 11.1. The van der Waals surface area contributed by atoms with Crippen molar-refractivity contribution in [1.82, 2.24) is 0 Å². The first-order chi connectivity index (χ1) is 6.52. The minimum Gasteiger partial charge on any atom is -0.466 e. The maximum atomic E-state index is 11.1. The molecular formula is C11H20O3. The zero-order valence-electron chi connectivity index (χ0n) is 9.25. The van der Waals surface area contributed by atoms with Crippen molar-refractivity contribution in [3.63, 3.8) is 0 Å². The van der Waals surface area contributed by atoms with E-state index in [-0.39, 0.29) is 12.4 Å². The lowest BCUT2D eigenvalue weighted by atomic mass is 9.96. The summed E-state index contributed by atoms with van der Waals surface area (Å²) in [6, 6.07) is 0. The zero-order valence-corrected chi connectivity index (χ0v) is 9.25. The molecule has 0 heterocycles. The average molecular weight is 200 g/mol. The van der Waals surface area contributed by atoms with Crippen molar-refractivity contribution in [3.05, 3.63) is 12.2 Å². The third-order valence-corrected chi connectivity index (χ3v) is 1.92. The Labute approximate surface area is 85.8 Å². The van der Waals surface area contributed by atoms with Gasteiger partial charge in [-0.05, 0) is 33.6 Å². The normalized spacial score (nSPS) is 15.4. The summed E-state index contributed by atoms with van der Waals surface area (Å²) in [5.74, 6) is -0.335. The van der Waals surface area contributed by atoms with E-state index in [1.807, 2.05) is 19.1 Å². The summed E-state index contributed by atoms with van der Waals surface area (Å²) in [5.41, 5.74) is -0.953. The first kappa shape index (κ1) is 13.2. The Morgan fingerprint density at radius 3 is 2.71 bits per heavy atom. The number of esters is 1. The highest BCUT2D eigenvalue weighted by Crippen LogP contribution is 2.17. The van der Waals surface area contributed by atoms with E-state index in [1.54, 1.807) is 13.8 Å². The van der Waals surface area contributed by atoms with Gasteiger partial charge in [-0.1, -0.05) is 12.2 Å². The first-order valence-electron chi connectivity index (χ1n) is 5.01. The Morgan fingerprint density at radius 2 is 2.21 bits per heavy atom. The summed E-state index contributed by atoms with van der Waals surface area (Å²) >= 11 is 0. The zero-order chi connectivity index (χ0) is 11.0. The molecule has 0 aromatic heterocycles. The molecule has 0 aromatic carbocycles. The molecule has 0 saturated heterocycles. The van der Waals surface area contributed by atoms with E-state index in [9.17, 15) is 9.90 Å². The largest absolute Gasteiger partial charge is 0.466 e. The van der Waals surface area contributed by atoms with Crippen LogP contribution in [0.15, 0.2) is 12.2 Å². The second-order valence-electron chi connectivity index (χ2n) is 3.59. The smallest absolute Gasteiger partial charge is 0.308 e. The number of aliphatic hydroxyl groups is 1. The standard InChI is InChI=1S/C11H20O3/c1-4-6-7-8-11(3,13)9-10(12)14-5-2/h4,6,13H,5,7-9H2,1-3H3/b6-4+. The summed E-state index contributed by atoms with van der Waals surface area (Å²) in [5, 5.41) is 9.80. The molecular weight excluding hydrogens is 180 g/mol. The molecule has 1 unspecified atom stereocenters. The fraction of sp³-hybridized carbons (Fsp3) is 0.727. The number of rotatable bonds is 6. The number of carbonyl (C=O) groups is 1. The van der Waals surface area contributed by atoms with Crippen LogP contribution in [0, 0.1) is 0 Å². The van der Waals surface area contributed by atoms with Gasteiger partial charge < -0.3 is 9.84 Å². The van der Waals surface area contributed by atoms with Gasteiger partial charge in [-0.2, -0.15) is 0 Å². The van der Waals surface area contributed by atoms with Gasteiger partial charge >= 0.3 is 5.97 Å². The van der Waals surface area contributed by atoms with Crippen LogP contribution in [0.5, 0.6) is 0 Å². The molecule has 0 saturated carbocycles. The van der Waals surface area contributed by atoms with Crippen molar-refractivity contribution < 1.29 is 14.6 Å². The van der Waals surface area contributed by atoms with E-state index < -0.39 is 5.60 Å². The molecule has 3 heteroatoms. The highest BCUT2D eigenvalue weighted by Gasteiger charge is 2.23. The molecule has 3 nitrogen and oxygen atoms in total. The van der Waals surface area contributed by atoms with Gasteiger partial charge in [0.25, 0.3) is 0 Å². The fourth-order valence-electron chi connectivity index (χ4n) is 1.17. The van der Waals surface area contributed by atoms with E-state index in [4.69, 9.17) is 4.74 Å². The summed E-state index contributed by atoms with van der Waals surface area (Å²) in [6.07, 6.45) is 5.33. The van der Waals surface area contributed by atoms with Crippen LogP contribution >= 0.6 is 0 Å². The molecule has 0 bridgehead atoms. The molecule has 0 aliphatic heterocycles. The maximum absolute atomic E-state index is 11.1. The van der Waals surface area contributed by atoms with E-state index in [0.29, 0.717) is 13.0 Å². The minimum atomic E-state index is -0.953. The number of hydrogen-bond donors (Lipinski definition) is 1. The molecule has 82 valence electrons. The molecule has 1 atom stereocenters. The lowest BCUT2D eigenvalue weighted by molar-refractivity contribution is -0.148. The van der Waals surface area contributed by atoms with Crippen molar-refractivity contribution in [2.24, 2.45) is 0 Å². The molecule has 0 aromatic rings. The van der Waals surface area contributed by atoms with Crippen molar-refractivity contribution in [1.29, 1.82) is 0 Å². The van der Waals surface area contributed by atoms with Crippen molar-refractivity contribution in [2.45, 2.75) is 45.6 Å². The number of hydrogen-bond acceptors (Lipinski definition) is 3. The average Bonchev–Trinajstić information content (AvgIpc) is 2.03. The quantitative estimate of drug-likeness (QED) is 0.527. The second kappa shape index (κ2) is 6.60. The van der Waals surface area contributed by atoms with Gasteiger partial charge in [0.2, 0.25) is 0 Å². The predicted octanol–water partition coefficient (Wildman–Crippen LogP) is 2.05. The molecule has 14 heavy (non-hydrogen) atoms.